The average Bonchev–Trinajstić information content (AvgIpc) is 1.92. The van der Waals surface area contributed by atoms with Gasteiger partial charge in [0.25, 0.3) is 0 Å². The zero-order chi connectivity index (χ0) is 9.35. The van der Waals surface area contributed by atoms with Gasteiger partial charge in [-0.3, -0.25) is 0 Å². The molecular formula is C7H4Cl3FO. The maximum atomic E-state index is 12.5. The van der Waals surface area contributed by atoms with Gasteiger partial charge < -0.3 is 5.11 Å². The molecule has 0 aromatic heterocycles. The van der Waals surface area contributed by atoms with Crippen LogP contribution in [0.25, 0.3) is 0 Å². The minimum absolute atomic E-state index is 0.228. The molecule has 0 bridgehead atoms. The molecule has 1 nitrogen and oxygen atoms in total. The second-order valence-electron chi connectivity index (χ2n) is 2.16. The summed E-state index contributed by atoms with van der Waals surface area (Å²) in [5.74, 6) is -1.27. The Balaban J connectivity index is 3.14. The summed E-state index contributed by atoms with van der Waals surface area (Å²) in [5, 5.41) is 8.91. The van der Waals surface area contributed by atoms with Gasteiger partial charge in [0, 0.05) is 5.56 Å². The molecule has 0 fully saturated rings. The number of hydrogen-bond acceptors (Lipinski definition) is 1. The number of halogens is 4. The first kappa shape index (κ1) is 9.90. The van der Waals surface area contributed by atoms with Crippen LogP contribution in [0.3, 0.4) is 0 Å². The van der Waals surface area contributed by atoms with Crippen LogP contribution in [0.15, 0.2) is 18.2 Å². The lowest BCUT2D eigenvalue weighted by atomic mass is 10.2. The van der Waals surface area contributed by atoms with Crippen LogP contribution in [0.5, 0.6) is 5.75 Å². The molecule has 1 aromatic carbocycles. The number of phenols is 1. The Bertz CT molecular complexity index is 295. The van der Waals surface area contributed by atoms with Gasteiger partial charge in [0.1, 0.15) is 0 Å². The molecule has 1 rings (SSSR count). The fraction of sp³-hybridized carbons (Fsp3) is 0.143. The third-order valence-electron chi connectivity index (χ3n) is 1.27. The lowest BCUT2D eigenvalue weighted by Crippen LogP contribution is -1.99. The van der Waals surface area contributed by atoms with Crippen molar-refractivity contribution in [2.75, 3.05) is 0 Å². The van der Waals surface area contributed by atoms with E-state index < -0.39 is 15.4 Å². The molecule has 0 spiro atoms. The molecule has 0 radical (unpaired) electrons. The van der Waals surface area contributed by atoms with E-state index in [0.29, 0.717) is 0 Å². The van der Waals surface area contributed by atoms with Crippen molar-refractivity contribution >= 4 is 34.8 Å². The van der Waals surface area contributed by atoms with E-state index >= 15 is 0 Å². The van der Waals surface area contributed by atoms with E-state index in [0.717, 1.165) is 12.1 Å². The third kappa shape index (κ3) is 2.16. The Morgan fingerprint density at radius 2 is 1.83 bits per heavy atom. The van der Waals surface area contributed by atoms with Crippen LogP contribution < -0.4 is 0 Å². The molecule has 1 N–H and O–H groups in total. The fourth-order valence-corrected chi connectivity index (χ4v) is 1.04. The summed E-state index contributed by atoms with van der Waals surface area (Å²) in [7, 11) is 0. The highest BCUT2D eigenvalue weighted by Crippen LogP contribution is 2.39. The highest BCUT2D eigenvalue weighted by molar-refractivity contribution is 6.66. The smallest absolute Gasteiger partial charge is 0.216 e. The number of hydrogen-bond donors (Lipinski definition) is 1. The van der Waals surface area contributed by atoms with E-state index in [1.54, 1.807) is 0 Å². The van der Waals surface area contributed by atoms with E-state index in [2.05, 4.69) is 0 Å². The minimum atomic E-state index is -1.63. The van der Waals surface area contributed by atoms with Gasteiger partial charge in [-0.15, -0.1) is 0 Å². The van der Waals surface area contributed by atoms with E-state index in [1.807, 2.05) is 0 Å². The first-order valence-electron chi connectivity index (χ1n) is 2.97. The molecule has 0 saturated carbocycles. The quantitative estimate of drug-likeness (QED) is 0.676. The van der Waals surface area contributed by atoms with Gasteiger partial charge in [0.05, 0.1) is 0 Å². The van der Waals surface area contributed by atoms with Crippen molar-refractivity contribution in [1.29, 1.82) is 0 Å². The fourth-order valence-electron chi connectivity index (χ4n) is 0.689. The van der Waals surface area contributed by atoms with E-state index in [-0.39, 0.29) is 5.56 Å². The Morgan fingerprint density at radius 3 is 2.25 bits per heavy atom. The summed E-state index contributed by atoms with van der Waals surface area (Å²) in [6.07, 6.45) is 0. The molecule has 66 valence electrons. The molecule has 12 heavy (non-hydrogen) atoms. The Kier molecular flexibility index (Phi) is 2.71. The van der Waals surface area contributed by atoms with Gasteiger partial charge in [-0.25, -0.2) is 4.39 Å². The van der Waals surface area contributed by atoms with Gasteiger partial charge >= 0.3 is 0 Å². The van der Waals surface area contributed by atoms with Gasteiger partial charge in [0.2, 0.25) is 3.79 Å². The number of alkyl halides is 3. The van der Waals surface area contributed by atoms with E-state index in [1.165, 1.54) is 6.07 Å². The standard InChI is InChI=1S/C7H4Cl3FO/c8-7(9,10)4-1-2-5(11)6(12)3-4/h1-3,12H. The van der Waals surface area contributed by atoms with Crippen LogP contribution in [0.1, 0.15) is 5.56 Å². The van der Waals surface area contributed by atoms with Crippen LogP contribution in [0.2, 0.25) is 0 Å². The van der Waals surface area contributed by atoms with Crippen molar-refractivity contribution in [1.82, 2.24) is 0 Å². The molecule has 0 unspecified atom stereocenters. The molecule has 0 heterocycles. The van der Waals surface area contributed by atoms with Crippen molar-refractivity contribution < 1.29 is 9.50 Å². The Morgan fingerprint density at radius 1 is 1.25 bits per heavy atom. The van der Waals surface area contributed by atoms with Crippen molar-refractivity contribution in [3.05, 3.63) is 29.6 Å². The summed E-state index contributed by atoms with van der Waals surface area (Å²) >= 11 is 16.4. The molecule has 1 aromatic rings. The highest BCUT2D eigenvalue weighted by Gasteiger charge is 2.23. The maximum absolute atomic E-state index is 12.5. The second-order valence-corrected chi connectivity index (χ2v) is 4.45. The summed E-state index contributed by atoms with van der Waals surface area (Å²) in [4.78, 5) is 0. The zero-order valence-corrected chi connectivity index (χ0v) is 7.96. The van der Waals surface area contributed by atoms with Crippen LogP contribution in [-0.4, -0.2) is 5.11 Å². The average molecular weight is 229 g/mol. The van der Waals surface area contributed by atoms with E-state index in [4.69, 9.17) is 39.9 Å². The molecule has 0 aliphatic rings. The van der Waals surface area contributed by atoms with E-state index in [9.17, 15) is 4.39 Å². The second kappa shape index (κ2) is 3.29. The van der Waals surface area contributed by atoms with Gasteiger partial charge in [-0.05, 0) is 12.1 Å². The molecule has 0 amide bonds. The van der Waals surface area contributed by atoms with Gasteiger partial charge in [-0.2, -0.15) is 0 Å². The van der Waals surface area contributed by atoms with Crippen molar-refractivity contribution in [3.8, 4) is 5.75 Å². The third-order valence-corrected chi connectivity index (χ3v) is 1.93. The van der Waals surface area contributed by atoms with Crippen LogP contribution in [-0.2, 0) is 3.79 Å². The monoisotopic (exact) mass is 228 g/mol. The lowest BCUT2D eigenvalue weighted by Gasteiger charge is -2.10. The lowest BCUT2D eigenvalue weighted by molar-refractivity contribution is 0.431. The number of phenolic OH excluding ortho intramolecular Hbond substituents is 1. The highest BCUT2D eigenvalue weighted by atomic mass is 35.6. The normalized spacial score (nSPS) is 11.7. The summed E-state index contributed by atoms with van der Waals surface area (Å²) in [6.45, 7) is 0. The minimum Gasteiger partial charge on any atom is -0.505 e. The molecule has 5 heteroatoms. The molecule has 0 aliphatic carbocycles. The van der Waals surface area contributed by atoms with Crippen molar-refractivity contribution in [2.24, 2.45) is 0 Å². The van der Waals surface area contributed by atoms with Gasteiger partial charge in [0.15, 0.2) is 11.6 Å². The molecule has 0 aliphatic heterocycles. The summed E-state index contributed by atoms with van der Waals surface area (Å²) in [5.41, 5.74) is 0.228. The predicted molar refractivity (Wildman–Crippen MR) is 47.3 cm³/mol. The van der Waals surface area contributed by atoms with Crippen LogP contribution >= 0.6 is 34.8 Å². The summed E-state index contributed by atoms with van der Waals surface area (Å²) in [6, 6.07) is 3.40. The van der Waals surface area contributed by atoms with Crippen LogP contribution in [0, 0.1) is 5.82 Å². The Hall–Kier alpha value is -0.180. The van der Waals surface area contributed by atoms with Crippen molar-refractivity contribution in [2.45, 2.75) is 3.79 Å². The van der Waals surface area contributed by atoms with Crippen molar-refractivity contribution in [3.63, 3.8) is 0 Å². The number of aromatic hydroxyl groups is 1. The zero-order valence-electron chi connectivity index (χ0n) is 5.69. The maximum Gasteiger partial charge on any atom is 0.216 e. The largest absolute Gasteiger partial charge is 0.505 e. The molecule has 0 saturated heterocycles. The summed E-state index contributed by atoms with van der Waals surface area (Å²) < 4.78 is 10.9. The SMILES string of the molecule is Oc1cc(C(Cl)(Cl)Cl)ccc1F. The molecule has 0 atom stereocenters. The number of benzene rings is 1. The number of rotatable bonds is 0. The first-order chi connectivity index (χ1) is 5.41. The topological polar surface area (TPSA) is 20.2 Å². The van der Waals surface area contributed by atoms with Gasteiger partial charge in [-0.1, -0.05) is 40.9 Å². The molecular weight excluding hydrogens is 225 g/mol. The van der Waals surface area contributed by atoms with Crippen LogP contribution in [0.4, 0.5) is 4.39 Å². The first-order valence-corrected chi connectivity index (χ1v) is 4.10. The Labute approximate surface area is 83.7 Å². The predicted octanol–water partition coefficient (Wildman–Crippen LogP) is 3.36.